The second kappa shape index (κ2) is 7.48. The number of hydrogen-bond donors (Lipinski definition) is 0. The molecule has 1 aliphatic heterocycles. The lowest BCUT2D eigenvalue weighted by Gasteiger charge is -2.18. The van der Waals surface area contributed by atoms with Crippen molar-refractivity contribution in [3.8, 4) is 0 Å². The van der Waals surface area contributed by atoms with Crippen LogP contribution in [0.2, 0.25) is 0 Å². The zero-order valence-electron chi connectivity index (χ0n) is 11.1. The Morgan fingerprint density at radius 3 is 2.94 bits per heavy atom. The minimum atomic E-state index is -0.275. The Hall–Kier alpha value is -1.84. The molecule has 0 aliphatic carbocycles. The molecule has 0 fully saturated rings. The molecule has 0 saturated carbocycles. The molecule has 0 aromatic heterocycles. The van der Waals surface area contributed by atoms with Gasteiger partial charge in [0.2, 0.25) is 0 Å². The Morgan fingerprint density at radius 1 is 1.56 bits per heavy atom. The number of ether oxygens (including phenoxy) is 1. The van der Waals surface area contributed by atoms with Gasteiger partial charge in [-0.25, -0.2) is 9.80 Å². The number of esters is 1. The monoisotopic (exact) mass is 248 g/mol. The van der Waals surface area contributed by atoms with Crippen molar-refractivity contribution in [1.29, 1.82) is 0 Å². The van der Waals surface area contributed by atoms with Gasteiger partial charge in [0.15, 0.2) is 0 Å². The Morgan fingerprint density at radius 2 is 2.33 bits per heavy atom. The Bertz CT molecular complexity index is 395. The van der Waals surface area contributed by atoms with E-state index in [1.807, 2.05) is 12.2 Å². The van der Waals surface area contributed by atoms with Gasteiger partial charge < -0.3 is 4.74 Å². The number of nitrogens with zero attached hydrogens (tertiary/aromatic N) is 2. The van der Waals surface area contributed by atoms with Crippen LogP contribution in [0.3, 0.4) is 0 Å². The molecule has 0 atom stereocenters. The molecular formula is C14H20N2O2. The highest BCUT2D eigenvalue weighted by atomic mass is 16.5. The van der Waals surface area contributed by atoms with Crippen molar-refractivity contribution in [2.45, 2.75) is 33.1 Å². The highest BCUT2D eigenvalue weighted by Gasteiger charge is 2.13. The number of hydrogen-bond acceptors (Lipinski definition) is 4. The third-order valence-corrected chi connectivity index (χ3v) is 2.48. The van der Waals surface area contributed by atoms with Gasteiger partial charge in [-0.3, -0.25) is 0 Å². The molecule has 1 aliphatic rings. The zero-order chi connectivity index (χ0) is 13.4. The quantitative estimate of drug-likeness (QED) is 0.536. The molecule has 4 heteroatoms. The average Bonchev–Trinajstić information content (AvgIpc) is 2.36. The summed E-state index contributed by atoms with van der Waals surface area (Å²) in [6.07, 6.45) is 9.68. The lowest BCUT2D eigenvalue weighted by molar-refractivity contribution is -0.138. The first kappa shape index (κ1) is 14.2. The first-order chi connectivity index (χ1) is 8.69. The summed E-state index contributed by atoms with van der Waals surface area (Å²) in [5.74, 6) is -0.275. The Labute approximate surface area is 108 Å². The normalized spacial score (nSPS) is 15.1. The molecule has 1 heterocycles. The van der Waals surface area contributed by atoms with E-state index >= 15 is 0 Å². The predicted molar refractivity (Wildman–Crippen MR) is 72.9 cm³/mol. The van der Waals surface area contributed by atoms with Crippen LogP contribution in [0.25, 0.3) is 0 Å². The molecule has 0 spiro atoms. The van der Waals surface area contributed by atoms with Crippen molar-refractivity contribution in [2.75, 3.05) is 6.61 Å². The minimum absolute atomic E-state index is 0.275. The number of unbranched alkanes of at least 4 members (excludes halogenated alkanes) is 1. The van der Waals surface area contributed by atoms with Gasteiger partial charge >= 0.3 is 5.97 Å². The fourth-order valence-corrected chi connectivity index (χ4v) is 1.49. The van der Waals surface area contributed by atoms with E-state index in [0.717, 1.165) is 18.5 Å². The van der Waals surface area contributed by atoms with Gasteiger partial charge in [0.05, 0.1) is 17.9 Å². The fourth-order valence-electron chi connectivity index (χ4n) is 1.49. The third-order valence-electron chi connectivity index (χ3n) is 2.48. The van der Waals surface area contributed by atoms with Crippen molar-refractivity contribution in [1.82, 2.24) is 5.01 Å². The van der Waals surface area contributed by atoms with Gasteiger partial charge in [0.1, 0.15) is 0 Å². The van der Waals surface area contributed by atoms with E-state index in [-0.39, 0.29) is 5.97 Å². The molecule has 0 radical (unpaired) electrons. The van der Waals surface area contributed by atoms with Crippen LogP contribution < -0.4 is 0 Å². The lowest BCUT2D eigenvalue weighted by Crippen LogP contribution is -2.15. The van der Waals surface area contributed by atoms with E-state index in [9.17, 15) is 4.79 Å². The summed E-state index contributed by atoms with van der Waals surface area (Å²) in [6.45, 7) is 8.13. The summed E-state index contributed by atoms with van der Waals surface area (Å²) in [5, 5.41) is 5.74. The number of allylic oxidation sites excluding steroid dienone is 2. The third kappa shape index (κ3) is 4.20. The standard InChI is InChI=1S/C14H20N2O2/c1-4-6-9-13(14(17)18-5-2)11-16-12(3)8-7-10-15-16/h7-8,10-11H,3-6,9H2,1-2H3/b13-11+. The maximum atomic E-state index is 11.8. The molecule has 0 aromatic carbocycles. The largest absolute Gasteiger partial charge is 0.463 e. The van der Waals surface area contributed by atoms with Crippen molar-refractivity contribution < 1.29 is 9.53 Å². The van der Waals surface area contributed by atoms with Crippen LogP contribution in [0.4, 0.5) is 0 Å². The van der Waals surface area contributed by atoms with Crippen LogP contribution in [0.1, 0.15) is 33.1 Å². The summed E-state index contributed by atoms with van der Waals surface area (Å²) >= 11 is 0. The van der Waals surface area contributed by atoms with Gasteiger partial charge in [-0.1, -0.05) is 19.9 Å². The van der Waals surface area contributed by atoms with E-state index in [4.69, 9.17) is 4.74 Å². The number of carbonyl (C=O) groups excluding carboxylic acids is 1. The molecule has 0 aromatic rings. The Balaban J connectivity index is 2.80. The van der Waals surface area contributed by atoms with Crippen molar-refractivity contribution in [2.24, 2.45) is 5.10 Å². The molecular weight excluding hydrogens is 228 g/mol. The van der Waals surface area contributed by atoms with Crippen LogP contribution in [0.5, 0.6) is 0 Å². The summed E-state index contributed by atoms with van der Waals surface area (Å²) in [6, 6.07) is 0. The molecule has 0 unspecified atom stereocenters. The average molecular weight is 248 g/mol. The first-order valence-electron chi connectivity index (χ1n) is 6.25. The van der Waals surface area contributed by atoms with Crippen LogP contribution in [-0.2, 0) is 9.53 Å². The van der Waals surface area contributed by atoms with E-state index < -0.39 is 0 Å². The van der Waals surface area contributed by atoms with E-state index in [2.05, 4.69) is 18.6 Å². The zero-order valence-corrected chi connectivity index (χ0v) is 11.1. The molecule has 4 nitrogen and oxygen atoms in total. The predicted octanol–water partition coefficient (Wildman–Crippen LogP) is 2.99. The maximum Gasteiger partial charge on any atom is 0.335 e. The van der Waals surface area contributed by atoms with Crippen LogP contribution in [0, 0.1) is 0 Å². The minimum Gasteiger partial charge on any atom is -0.463 e. The number of carbonyl (C=O) groups is 1. The SMILES string of the molecule is C=C1C=CC=NN1/C=C(\CCCC)C(=O)OCC. The van der Waals surface area contributed by atoms with Crippen molar-refractivity contribution in [3.05, 3.63) is 36.2 Å². The van der Waals surface area contributed by atoms with Crippen molar-refractivity contribution in [3.63, 3.8) is 0 Å². The Kier molecular flexibility index (Phi) is 5.91. The van der Waals surface area contributed by atoms with Crippen LogP contribution in [0.15, 0.2) is 41.3 Å². The molecule has 1 rings (SSSR count). The van der Waals surface area contributed by atoms with E-state index in [1.54, 1.807) is 24.3 Å². The van der Waals surface area contributed by atoms with Crippen LogP contribution in [-0.4, -0.2) is 23.8 Å². The van der Waals surface area contributed by atoms with Gasteiger partial charge in [0, 0.05) is 12.4 Å². The number of hydrazone groups is 1. The highest BCUT2D eigenvalue weighted by Crippen LogP contribution is 2.15. The van der Waals surface area contributed by atoms with Gasteiger partial charge in [-0.05, 0) is 31.9 Å². The molecule has 18 heavy (non-hydrogen) atoms. The molecule has 0 bridgehead atoms. The van der Waals surface area contributed by atoms with E-state index in [1.165, 1.54) is 0 Å². The van der Waals surface area contributed by atoms with Crippen molar-refractivity contribution >= 4 is 12.2 Å². The first-order valence-corrected chi connectivity index (χ1v) is 6.25. The summed E-state index contributed by atoms with van der Waals surface area (Å²) in [4.78, 5) is 11.8. The van der Waals surface area contributed by atoms with Gasteiger partial charge in [-0.2, -0.15) is 5.10 Å². The second-order valence-electron chi connectivity index (χ2n) is 3.94. The lowest BCUT2D eigenvalue weighted by atomic mass is 10.1. The molecule has 0 amide bonds. The summed E-state index contributed by atoms with van der Waals surface area (Å²) in [7, 11) is 0. The van der Waals surface area contributed by atoms with E-state index in [0.29, 0.717) is 18.6 Å². The van der Waals surface area contributed by atoms with Gasteiger partial charge in [-0.15, -0.1) is 0 Å². The molecule has 98 valence electrons. The molecule has 0 saturated heterocycles. The second-order valence-corrected chi connectivity index (χ2v) is 3.94. The summed E-state index contributed by atoms with van der Waals surface area (Å²) in [5.41, 5.74) is 1.36. The van der Waals surface area contributed by atoms with Gasteiger partial charge in [0.25, 0.3) is 0 Å². The fraction of sp³-hybridized carbons (Fsp3) is 0.429. The topological polar surface area (TPSA) is 41.9 Å². The smallest absolute Gasteiger partial charge is 0.335 e. The molecule has 0 N–H and O–H groups in total. The summed E-state index contributed by atoms with van der Waals surface area (Å²) < 4.78 is 5.04. The number of rotatable bonds is 6. The van der Waals surface area contributed by atoms with Crippen LogP contribution >= 0.6 is 0 Å². The highest BCUT2D eigenvalue weighted by molar-refractivity contribution is 5.88. The maximum absolute atomic E-state index is 11.8.